The largest absolute Gasteiger partial charge is 0.383 e. The van der Waals surface area contributed by atoms with E-state index in [1.807, 2.05) is 13.8 Å². The van der Waals surface area contributed by atoms with Crippen molar-refractivity contribution in [2.45, 2.75) is 32.2 Å². The molecule has 0 radical (unpaired) electrons. The molecule has 2 N–H and O–H groups in total. The number of aryl methyl sites for hydroxylation is 1. The van der Waals surface area contributed by atoms with Crippen molar-refractivity contribution in [3.8, 4) is 6.07 Å². The lowest BCUT2D eigenvalue weighted by atomic mass is 9.98. The molecule has 1 unspecified atom stereocenters. The Kier molecular flexibility index (Phi) is 4.53. The first-order chi connectivity index (χ1) is 9.62. The Morgan fingerprint density at radius 2 is 2.25 bits per heavy atom. The van der Waals surface area contributed by atoms with Crippen molar-refractivity contribution in [3.63, 3.8) is 0 Å². The summed E-state index contributed by atoms with van der Waals surface area (Å²) in [4.78, 5) is 0. The Labute approximate surface area is 119 Å². The second-order valence-electron chi connectivity index (χ2n) is 5.34. The van der Waals surface area contributed by atoms with Gasteiger partial charge < -0.3 is 15.4 Å². The van der Waals surface area contributed by atoms with E-state index in [4.69, 9.17) is 4.74 Å². The fourth-order valence-electron chi connectivity index (χ4n) is 2.59. The summed E-state index contributed by atoms with van der Waals surface area (Å²) in [5.41, 5.74) is 2.16. The van der Waals surface area contributed by atoms with Crippen LogP contribution < -0.4 is 10.6 Å². The third-order valence-corrected chi connectivity index (χ3v) is 3.91. The molecule has 0 bridgehead atoms. The smallest absolute Gasteiger partial charge is 0.167 e. The van der Waals surface area contributed by atoms with Gasteiger partial charge in [-0.1, -0.05) is 0 Å². The highest BCUT2D eigenvalue weighted by Crippen LogP contribution is 2.22. The third-order valence-electron chi connectivity index (χ3n) is 3.91. The van der Waals surface area contributed by atoms with Gasteiger partial charge in [0.2, 0.25) is 0 Å². The van der Waals surface area contributed by atoms with Crippen molar-refractivity contribution < 1.29 is 4.74 Å². The van der Waals surface area contributed by atoms with Crippen molar-refractivity contribution in [1.29, 1.82) is 5.26 Å². The van der Waals surface area contributed by atoms with Crippen molar-refractivity contribution in [2.24, 2.45) is 0 Å². The van der Waals surface area contributed by atoms with Crippen LogP contribution in [0.5, 0.6) is 0 Å². The molecule has 20 heavy (non-hydrogen) atoms. The summed E-state index contributed by atoms with van der Waals surface area (Å²) < 4.78 is 5.31. The van der Waals surface area contributed by atoms with E-state index in [-0.39, 0.29) is 5.54 Å². The number of nitriles is 1. The van der Waals surface area contributed by atoms with Crippen LogP contribution in [0.4, 0.5) is 5.82 Å². The van der Waals surface area contributed by atoms with Crippen LogP contribution in [-0.2, 0) is 4.74 Å². The first-order valence-corrected chi connectivity index (χ1v) is 6.84. The third kappa shape index (κ3) is 2.89. The number of aromatic nitrogens is 2. The molecule has 1 aliphatic heterocycles. The topological polar surface area (TPSA) is 82.9 Å². The van der Waals surface area contributed by atoms with Gasteiger partial charge in [-0.2, -0.15) is 10.4 Å². The van der Waals surface area contributed by atoms with E-state index in [1.165, 1.54) is 0 Å². The van der Waals surface area contributed by atoms with Gasteiger partial charge in [0.25, 0.3) is 0 Å². The van der Waals surface area contributed by atoms with E-state index in [1.54, 1.807) is 7.11 Å². The molecule has 0 saturated carbocycles. The number of anilines is 1. The highest BCUT2D eigenvalue weighted by molar-refractivity contribution is 5.56. The lowest BCUT2D eigenvalue weighted by Crippen LogP contribution is -2.49. The number of nitrogens with one attached hydrogen (secondary N) is 2. The minimum atomic E-state index is -0.0814. The van der Waals surface area contributed by atoms with E-state index in [0.717, 1.165) is 30.6 Å². The molecule has 0 aliphatic carbocycles. The molecule has 1 aliphatic rings. The van der Waals surface area contributed by atoms with Gasteiger partial charge in [0.15, 0.2) is 5.82 Å². The molecule has 6 nitrogen and oxygen atoms in total. The molecule has 1 aromatic rings. The number of ether oxygens (including phenoxy) is 1. The van der Waals surface area contributed by atoms with Gasteiger partial charge in [0, 0.05) is 13.7 Å². The monoisotopic (exact) mass is 275 g/mol. The van der Waals surface area contributed by atoms with Gasteiger partial charge in [0.1, 0.15) is 11.6 Å². The van der Waals surface area contributed by atoms with Gasteiger partial charge in [-0.05, 0) is 38.8 Å². The van der Waals surface area contributed by atoms with E-state index >= 15 is 0 Å². The summed E-state index contributed by atoms with van der Waals surface area (Å²) in [5.74, 6) is 0.555. The van der Waals surface area contributed by atoms with E-state index in [9.17, 15) is 5.26 Å². The van der Waals surface area contributed by atoms with Crippen molar-refractivity contribution in [2.75, 3.05) is 32.1 Å². The van der Waals surface area contributed by atoms with Crippen LogP contribution in [0.25, 0.3) is 0 Å². The standard InChI is InChI=1S/C14H21N5O/c1-10-11(2)18-19-13(12(10)7-15)16-8-14(9-20-3)5-4-6-17-14/h17H,4-6,8-9H2,1-3H3,(H,16,19). The van der Waals surface area contributed by atoms with Crippen molar-refractivity contribution >= 4 is 5.82 Å². The zero-order chi connectivity index (χ0) is 14.6. The van der Waals surface area contributed by atoms with Crippen LogP contribution in [0.1, 0.15) is 29.7 Å². The predicted molar refractivity (Wildman–Crippen MR) is 76.6 cm³/mol. The van der Waals surface area contributed by atoms with Crippen LogP contribution in [-0.4, -0.2) is 42.5 Å². The number of hydrogen-bond donors (Lipinski definition) is 2. The number of nitrogens with zero attached hydrogens (tertiary/aromatic N) is 3. The average Bonchev–Trinajstić information content (AvgIpc) is 2.89. The quantitative estimate of drug-likeness (QED) is 0.838. The summed E-state index contributed by atoms with van der Waals surface area (Å²) in [7, 11) is 1.71. The van der Waals surface area contributed by atoms with Crippen LogP contribution in [0, 0.1) is 25.2 Å². The Balaban J connectivity index is 2.15. The predicted octanol–water partition coefficient (Wildman–Crippen LogP) is 1.15. The maximum absolute atomic E-state index is 9.29. The zero-order valence-corrected chi connectivity index (χ0v) is 12.3. The first kappa shape index (κ1) is 14.7. The number of rotatable bonds is 5. The van der Waals surface area contributed by atoms with E-state index in [2.05, 4.69) is 26.9 Å². The maximum Gasteiger partial charge on any atom is 0.167 e. The molecule has 0 spiro atoms. The lowest BCUT2D eigenvalue weighted by molar-refractivity contribution is 0.127. The molecule has 6 heteroatoms. The van der Waals surface area contributed by atoms with E-state index in [0.29, 0.717) is 24.5 Å². The van der Waals surface area contributed by atoms with Crippen molar-refractivity contribution in [3.05, 3.63) is 16.8 Å². The summed E-state index contributed by atoms with van der Waals surface area (Å²) in [6.07, 6.45) is 2.18. The molecule has 108 valence electrons. The molecule has 0 amide bonds. The molecule has 1 saturated heterocycles. The summed E-state index contributed by atoms with van der Waals surface area (Å²) in [6.45, 7) is 6.06. The fourth-order valence-corrected chi connectivity index (χ4v) is 2.59. The van der Waals surface area contributed by atoms with Crippen LogP contribution in [0.2, 0.25) is 0 Å². The van der Waals surface area contributed by atoms with Gasteiger partial charge in [-0.25, -0.2) is 0 Å². The molecule has 0 aromatic carbocycles. The molecule has 1 aromatic heterocycles. The fraction of sp³-hybridized carbons (Fsp3) is 0.643. The van der Waals surface area contributed by atoms with Gasteiger partial charge in [-0.15, -0.1) is 5.10 Å². The first-order valence-electron chi connectivity index (χ1n) is 6.84. The summed E-state index contributed by atoms with van der Waals surface area (Å²) in [5, 5.41) is 24.2. The van der Waals surface area contributed by atoms with Crippen molar-refractivity contribution in [1.82, 2.24) is 15.5 Å². The van der Waals surface area contributed by atoms with Gasteiger partial charge in [-0.3, -0.25) is 0 Å². The number of hydrogen-bond acceptors (Lipinski definition) is 6. The number of methoxy groups -OCH3 is 1. The van der Waals surface area contributed by atoms with E-state index < -0.39 is 0 Å². The molecular weight excluding hydrogens is 254 g/mol. The minimum absolute atomic E-state index is 0.0814. The Morgan fingerprint density at radius 1 is 1.45 bits per heavy atom. The average molecular weight is 275 g/mol. The molecule has 1 atom stereocenters. The van der Waals surface area contributed by atoms with Gasteiger partial charge >= 0.3 is 0 Å². The molecule has 2 rings (SSSR count). The van der Waals surface area contributed by atoms with Crippen LogP contribution in [0.15, 0.2) is 0 Å². The summed E-state index contributed by atoms with van der Waals surface area (Å²) in [6, 6.07) is 2.21. The van der Waals surface area contributed by atoms with Gasteiger partial charge in [0.05, 0.1) is 17.8 Å². The zero-order valence-electron chi connectivity index (χ0n) is 12.3. The minimum Gasteiger partial charge on any atom is -0.383 e. The molecule has 1 fully saturated rings. The second kappa shape index (κ2) is 6.16. The lowest BCUT2D eigenvalue weighted by Gasteiger charge is -2.29. The van der Waals surface area contributed by atoms with Crippen LogP contribution in [0.3, 0.4) is 0 Å². The normalized spacial score (nSPS) is 21.7. The SMILES string of the molecule is COCC1(CNc2nnc(C)c(C)c2C#N)CCCN1. The summed E-state index contributed by atoms with van der Waals surface area (Å²) >= 11 is 0. The Hall–Kier alpha value is -1.71. The maximum atomic E-state index is 9.29. The highest BCUT2D eigenvalue weighted by atomic mass is 16.5. The second-order valence-corrected chi connectivity index (χ2v) is 5.34. The highest BCUT2D eigenvalue weighted by Gasteiger charge is 2.33. The molecular formula is C14H21N5O. The molecule has 2 heterocycles. The Morgan fingerprint density at radius 3 is 2.85 bits per heavy atom. The van der Waals surface area contributed by atoms with Crippen LogP contribution >= 0.6 is 0 Å². The Bertz CT molecular complexity index is 517.